The Bertz CT molecular complexity index is 897. The first kappa shape index (κ1) is 17.4. The van der Waals surface area contributed by atoms with E-state index in [1.54, 1.807) is 39.0 Å². The summed E-state index contributed by atoms with van der Waals surface area (Å²) >= 11 is 3.41. The number of ketones is 1. The minimum absolute atomic E-state index is 0.172. The molecule has 3 rings (SSSR count). The largest absolute Gasteiger partial charge is 0.452 e. The van der Waals surface area contributed by atoms with Gasteiger partial charge in [-0.25, -0.2) is 0 Å². The molecule has 2 aromatic rings. The first-order valence-corrected chi connectivity index (χ1v) is 8.70. The van der Waals surface area contributed by atoms with Crippen LogP contribution in [0.2, 0.25) is 0 Å². The second-order valence-electron chi connectivity index (χ2n) is 6.18. The molecule has 0 N–H and O–H groups in total. The number of benzene rings is 2. The third kappa shape index (κ3) is 3.66. The molecule has 0 aliphatic carbocycles. The van der Waals surface area contributed by atoms with Gasteiger partial charge in [-0.2, -0.15) is 0 Å². The van der Waals surface area contributed by atoms with Gasteiger partial charge in [0.15, 0.2) is 5.76 Å². The predicted molar refractivity (Wildman–Crippen MR) is 98.7 cm³/mol. The van der Waals surface area contributed by atoms with Gasteiger partial charge >= 0.3 is 5.97 Å². The third-order valence-electron chi connectivity index (χ3n) is 3.78. The van der Waals surface area contributed by atoms with E-state index in [2.05, 4.69) is 15.9 Å². The summed E-state index contributed by atoms with van der Waals surface area (Å²) in [5, 5.41) is 0. The molecule has 1 aliphatic heterocycles. The fraction of sp³-hybridized carbons (Fsp3) is 0.200. The SMILES string of the molecule is Cc1cc(OC(=O)C(C)C)cc2c1C(=O)/C(=C/c1cccc(Br)c1)O2. The first-order valence-electron chi connectivity index (χ1n) is 7.91. The van der Waals surface area contributed by atoms with Crippen molar-refractivity contribution in [2.45, 2.75) is 20.8 Å². The maximum atomic E-state index is 12.6. The van der Waals surface area contributed by atoms with Gasteiger partial charge in [-0.3, -0.25) is 9.59 Å². The molecule has 0 bridgehead atoms. The summed E-state index contributed by atoms with van der Waals surface area (Å²) in [5.41, 5.74) is 2.08. The second-order valence-corrected chi connectivity index (χ2v) is 7.10. The summed E-state index contributed by atoms with van der Waals surface area (Å²) in [7, 11) is 0. The van der Waals surface area contributed by atoms with Crippen molar-refractivity contribution in [2.24, 2.45) is 5.92 Å². The molecule has 1 heterocycles. The van der Waals surface area contributed by atoms with Crippen molar-refractivity contribution < 1.29 is 19.1 Å². The van der Waals surface area contributed by atoms with Crippen molar-refractivity contribution >= 4 is 33.8 Å². The van der Waals surface area contributed by atoms with Crippen molar-refractivity contribution in [1.29, 1.82) is 0 Å². The van der Waals surface area contributed by atoms with Crippen LogP contribution in [0.3, 0.4) is 0 Å². The molecule has 0 atom stereocenters. The van der Waals surface area contributed by atoms with Gasteiger partial charge in [-0.05, 0) is 42.3 Å². The topological polar surface area (TPSA) is 52.6 Å². The Morgan fingerprint density at radius 3 is 2.68 bits per heavy atom. The highest BCUT2D eigenvalue weighted by Gasteiger charge is 2.30. The number of fused-ring (bicyclic) bond motifs is 1. The average Bonchev–Trinajstić information content (AvgIpc) is 2.83. The van der Waals surface area contributed by atoms with Crippen LogP contribution in [0, 0.1) is 12.8 Å². The summed E-state index contributed by atoms with van der Waals surface area (Å²) in [5.74, 6) is 0.318. The van der Waals surface area contributed by atoms with Gasteiger partial charge in [0.05, 0.1) is 11.5 Å². The van der Waals surface area contributed by atoms with E-state index in [-0.39, 0.29) is 23.4 Å². The molecule has 25 heavy (non-hydrogen) atoms. The average molecular weight is 401 g/mol. The van der Waals surface area contributed by atoms with Gasteiger partial charge < -0.3 is 9.47 Å². The summed E-state index contributed by atoms with van der Waals surface area (Å²) < 4.78 is 12.0. The predicted octanol–water partition coefficient (Wildman–Crippen LogP) is 4.94. The summed E-state index contributed by atoms with van der Waals surface area (Å²) in [6.07, 6.45) is 1.70. The zero-order valence-electron chi connectivity index (χ0n) is 14.1. The Labute approximate surface area is 154 Å². The maximum absolute atomic E-state index is 12.6. The second kappa shape index (κ2) is 6.84. The number of allylic oxidation sites excluding steroid dienone is 1. The van der Waals surface area contributed by atoms with E-state index in [1.807, 2.05) is 24.3 Å². The quantitative estimate of drug-likeness (QED) is 0.416. The molecule has 0 fully saturated rings. The van der Waals surface area contributed by atoms with Gasteiger partial charge in [-0.15, -0.1) is 0 Å². The molecule has 0 saturated carbocycles. The number of hydrogen-bond acceptors (Lipinski definition) is 4. The molecule has 0 radical (unpaired) electrons. The molecule has 0 saturated heterocycles. The van der Waals surface area contributed by atoms with Crippen molar-refractivity contribution in [1.82, 2.24) is 0 Å². The number of carbonyl (C=O) groups is 2. The lowest BCUT2D eigenvalue weighted by molar-refractivity contribution is -0.137. The van der Waals surface area contributed by atoms with E-state index in [4.69, 9.17) is 9.47 Å². The zero-order chi connectivity index (χ0) is 18.1. The van der Waals surface area contributed by atoms with Gasteiger partial charge in [0.1, 0.15) is 11.5 Å². The van der Waals surface area contributed by atoms with Gasteiger partial charge in [-0.1, -0.05) is 41.9 Å². The number of ether oxygens (including phenoxy) is 2. The molecule has 0 amide bonds. The lowest BCUT2D eigenvalue weighted by atomic mass is 10.0. The lowest BCUT2D eigenvalue weighted by Gasteiger charge is -2.09. The van der Waals surface area contributed by atoms with Crippen molar-refractivity contribution in [3.8, 4) is 11.5 Å². The minimum atomic E-state index is -0.325. The van der Waals surface area contributed by atoms with Crippen LogP contribution >= 0.6 is 15.9 Å². The normalized spacial score (nSPS) is 14.6. The molecule has 2 aromatic carbocycles. The van der Waals surface area contributed by atoms with Crippen LogP contribution in [0.15, 0.2) is 46.6 Å². The van der Waals surface area contributed by atoms with Gasteiger partial charge in [0.2, 0.25) is 5.78 Å². The molecule has 1 aliphatic rings. The molecule has 5 heteroatoms. The highest BCUT2D eigenvalue weighted by molar-refractivity contribution is 9.10. The molecule has 0 aromatic heterocycles. The first-order chi connectivity index (χ1) is 11.8. The van der Waals surface area contributed by atoms with E-state index in [9.17, 15) is 9.59 Å². The van der Waals surface area contributed by atoms with Crippen LogP contribution in [-0.4, -0.2) is 11.8 Å². The van der Waals surface area contributed by atoms with Gasteiger partial charge in [0, 0.05) is 10.5 Å². The Kier molecular flexibility index (Phi) is 4.77. The highest BCUT2D eigenvalue weighted by Crippen LogP contribution is 2.37. The van der Waals surface area contributed by atoms with E-state index in [0.717, 1.165) is 10.0 Å². The van der Waals surface area contributed by atoms with Crippen LogP contribution in [0.4, 0.5) is 0 Å². The number of rotatable bonds is 3. The van der Waals surface area contributed by atoms with Crippen molar-refractivity contribution in [3.63, 3.8) is 0 Å². The fourth-order valence-electron chi connectivity index (χ4n) is 2.52. The van der Waals surface area contributed by atoms with Crippen molar-refractivity contribution in [2.75, 3.05) is 0 Å². The third-order valence-corrected chi connectivity index (χ3v) is 4.27. The molecular weight excluding hydrogens is 384 g/mol. The van der Waals surface area contributed by atoms with E-state index >= 15 is 0 Å². The van der Waals surface area contributed by atoms with Crippen LogP contribution in [0.1, 0.15) is 35.3 Å². The summed E-state index contributed by atoms with van der Waals surface area (Å²) in [6.45, 7) is 5.33. The van der Waals surface area contributed by atoms with Gasteiger partial charge in [0.25, 0.3) is 0 Å². The zero-order valence-corrected chi connectivity index (χ0v) is 15.7. The maximum Gasteiger partial charge on any atom is 0.313 e. The number of carbonyl (C=O) groups excluding carboxylic acids is 2. The van der Waals surface area contributed by atoms with E-state index in [1.165, 1.54) is 0 Å². The van der Waals surface area contributed by atoms with Crippen molar-refractivity contribution in [3.05, 3.63) is 63.3 Å². The molecule has 128 valence electrons. The molecule has 0 unspecified atom stereocenters. The van der Waals surface area contributed by atoms with E-state index < -0.39 is 0 Å². The Balaban J connectivity index is 1.93. The Morgan fingerprint density at radius 2 is 2.00 bits per heavy atom. The number of esters is 1. The summed E-state index contributed by atoms with van der Waals surface area (Å²) in [4.78, 5) is 24.4. The fourth-order valence-corrected chi connectivity index (χ4v) is 2.94. The Hall–Kier alpha value is -2.40. The summed E-state index contributed by atoms with van der Waals surface area (Å²) in [6, 6.07) is 10.9. The van der Waals surface area contributed by atoms with Crippen LogP contribution in [0.25, 0.3) is 6.08 Å². The standard InChI is InChI=1S/C20H17BrO4/c1-11(2)20(23)24-15-7-12(3)18-16(10-15)25-17(19(18)22)9-13-5-4-6-14(21)8-13/h4-11H,1-3H3/b17-9-. The smallest absolute Gasteiger partial charge is 0.313 e. The number of halogens is 1. The number of aryl methyl sites for hydroxylation is 1. The monoisotopic (exact) mass is 400 g/mol. The van der Waals surface area contributed by atoms with Crippen LogP contribution in [0.5, 0.6) is 11.5 Å². The van der Waals surface area contributed by atoms with E-state index in [0.29, 0.717) is 22.6 Å². The van der Waals surface area contributed by atoms with Crippen LogP contribution in [-0.2, 0) is 4.79 Å². The highest BCUT2D eigenvalue weighted by atomic mass is 79.9. The van der Waals surface area contributed by atoms with Crippen LogP contribution < -0.4 is 9.47 Å². The number of hydrogen-bond donors (Lipinski definition) is 0. The minimum Gasteiger partial charge on any atom is -0.452 e. The number of Topliss-reactive ketones (excluding diaryl/α,β-unsaturated/α-hetero) is 1. The molecule has 0 spiro atoms. The molecule has 4 nitrogen and oxygen atoms in total. The molecular formula is C20H17BrO4. The Morgan fingerprint density at radius 1 is 1.24 bits per heavy atom. The lowest BCUT2D eigenvalue weighted by Crippen LogP contribution is -2.14.